The molecule has 2 saturated heterocycles. The summed E-state index contributed by atoms with van der Waals surface area (Å²) in [6.07, 6.45) is -1.63. The fourth-order valence-electron chi connectivity index (χ4n) is 4.98. The second-order valence-electron chi connectivity index (χ2n) is 8.83. The number of aliphatic hydroxyl groups is 1. The fourth-order valence-corrected chi connectivity index (χ4v) is 7.60. The molecule has 0 radical (unpaired) electrons. The Balaban J connectivity index is 1.49. The lowest BCUT2D eigenvalue weighted by Crippen LogP contribution is -2.47. The number of H-pyrrole nitrogens is 1. The van der Waals surface area contributed by atoms with E-state index in [2.05, 4.69) is 9.97 Å². The van der Waals surface area contributed by atoms with Gasteiger partial charge in [-0.1, -0.05) is 29.3 Å². The molecule has 5 rings (SSSR count). The lowest BCUT2D eigenvalue weighted by molar-refractivity contribution is -0.137. The number of imidazole rings is 1. The predicted molar refractivity (Wildman–Crippen MR) is 126 cm³/mol. The van der Waals surface area contributed by atoms with Gasteiger partial charge in [0.05, 0.1) is 33.6 Å². The average Bonchev–Trinajstić information content (AvgIpc) is 3.37. The molecule has 3 heterocycles. The number of aliphatic hydroxyl groups excluding tert-OH is 1. The van der Waals surface area contributed by atoms with Crippen molar-refractivity contribution in [2.75, 3.05) is 0 Å². The average molecular weight is 546 g/mol. The molecule has 1 aromatic heterocycles. The van der Waals surface area contributed by atoms with Crippen LogP contribution in [-0.2, 0) is 16.2 Å². The minimum absolute atomic E-state index is 0.0542. The van der Waals surface area contributed by atoms with E-state index in [1.807, 2.05) is 0 Å². The van der Waals surface area contributed by atoms with Crippen LogP contribution in [0.2, 0.25) is 10.0 Å². The van der Waals surface area contributed by atoms with Crippen molar-refractivity contribution < 1.29 is 26.7 Å². The van der Waals surface area contributed by atoms with Gasteiger partial charge in [0, 0.05) is 23.2 Å². The maximum atomic E-state index is 13.6. The first-order valence-electron chi connectivity index (χ1n) is 10.9. The zero-order valence-corrected chi connectivity index (χ0v) is 20.4. The molecule has 12 heteroatoms. The zero-order valence-electron chi connectivity index (χ0n) is 18.1. The van der Waals surface area contributed by atoms with Gasteiger partial charge in [-0.25, -0.2) is 13.4 Å². The number of aromatic amines is 1. The molecule has 2 aromatic carbocycles. The van der Waals surface area contributed by atoms with Gasteiger partial charge >= 0.3 is 6.18 Å². The highest BCUT2D eigenvalue weighted by Crippen LogP contribution is 2.42. The van der Waals surface area contributed by atoms with Crippen LogP contribution >= 0.6 is 23.2 Å². The molecule has 35 heavy (non-hydrogen) atoms. The van der Waals surface area contributed by atoms with Crippen molar-refractivity contribution in [2.24, 2.45) is 0 Å². The van der Waals surface area contributed by atoms with E-state index in [1.54, 1.807) is 6.07 Å². The molecule has 2 fully saturated rings. The number of sulfonamides is 1. The van der Waals surface area contributed by atoms with E-state index in [4.69, 9.17) is 23.2 Å². The number of nitrogens with zero attached hydrogens (tertiary/aromatic N) is 2. The van der Waals surface area contributed by atoms with Gasteiger partial charge in [-0.3, -0.25) is 0 Å². The summed E-state index contributed by atoms with van der Waals surface area (Å²) in [6.45, 7) is 0. The van der Waals surface area contributed by atoms with Crippen molar-refractivity contribution in [3.8, 4) is 22.6 Å². The van der Waals surface area contributed by atoms with E-state index < -0.39 is 32.9 Å². The zero-order chi connectivity index (χ0) is 25.1. The van der Waals surface area contributed by atoms with E-state index in [1.165, 1.54) is 28.7 Å². The van der Waals surface area contributed by atoms with Gasteiger partial charge in [-0.15, -0.1) is 0 Å². The second kappa shape index (κ2) is 8.77. The molecular formula is C23H20Cl2F3N3O3S. The third-order valence-corrected chi connectivity index (χ3v) is 9.38. The van der Waals surface area contributed by atoms with Crippen LogP contribution in [0.5, 0.6) is 0 Å². The van der Waals surface area contributed by atoms with Gasteiger partial charge in [0.2, 0.25) is 10.0 Å². The minimum atomic E-state index is -4.61. The molecule has 0 amide bonds. The maximum Gasteiger partial charge on any atom is 0.417 e. The number of nitrogens with one attached hydrogen (secondary N) is 1. The van der Waals surface area contributed by atoms with Crippen LogP contribution in [0.15, 0.2) is 47.5 Å². The topological polar surface area (TPSA) is 86.3 Å². The molecule has 186 valence electrons. The van der Waals surface area contributed by atoms with E-state index in [9.17, 15) is 26.7 Å². The van der Waals surface area contributed by atoms with Crippen LogP contribution in [0.25, 0.3) is 22.6 Å². The highest BCUT2D eigenvalue weighted by molar-refractivity contribution is 7.89. The summed E-state index contributed by atoms with van der Waals surface area (Å²) in [7, 11) is -3.95. The van der Waals surface area contributed by atoms with Crippen LogP contribution < -0.4 is 0 Å². The second-order valence-corrected chi connectivity index (χ2v) is 11.5. The Labute approximate surface area is 209 Å². The number of hydrogen-bond acceptors (Lipinski definition) is 4. The van der Waals surface area contributed by atoms with E-state index >= 15 is 0 Å². The van der Waals surface area contributed by atoms with E-state index in [0.29, 0.717) is 36.9 Å². The van der Waals surface area contributed by atoms with Crippen molar-refractivity contribution in [3.63, 3.8) is 0 Å². The summed E-state index contributed by atoms with van der Waals surface area (Å²) < 4.78 is 68.3. The van der Waals surface area contributed by atoms with Crippen molar-refractivity contribution >= 4 is 33.2 Å². The van der Waals surface area contributed by atoms with Crippen LogP contribution in [-0.4, -0.2) is 46.0 Å². The van der Waals surface area contributed by atoms with Crippen molar-refractivity contribution in [1.29, 1.82) is 0 Å². The van der Waals surface area contributed by atoms with Gasteiger partial charge < -0.3 is 10.1 Å². The lowest BCUT2D eigenvalue weighted by atomic mass is 10.0. The number of alkyl halides is 3. The highest BCUT2D eigenvalue weighted by atomic mass is 35.5. The number of piperidine rings is 1. The highest BCUT2D eigenvalue weighted by Gasteiger charge is 2.47. The third-order valence-electron chi connectivity index (χ3n) is 6.56. The maximum absolute atomic E-state index is 13.6. The Morgan fingerprint density at radius 2 is 1.63 bits per heavy atom. The summed E-state index contributed by atoms with van der Waals surface area (Å²) in [6, 6.07) is 7.42. The van der Waals surface area contributed by atoms with Gasteiger partial charge in [-0.05, 0) is 56.0 Å². The number of rotatable bonds is 4. The summed E-state index contributed by atoms with van der Waals surface area (Å²) in [4.78, 5) is 7.12. The number of hydrogen-bond donors (Lipinski definition) is 2. The van der Waals surface area contributed by atoms with Crippen LogP contribution in [0.1, 0.15) is 31.2 Å². The van der Waals surface area contributed by atoms with Gasteiger partial charge in [0.25, 0.3) is 0 Å². The minimum Gasteiger partial charge on any atom is -0.393 e. The van der Waals surface area contributed by atoms with Crippen LogP contribution in [0.3, 0.4) is 0 Å². The van der Waals surface area contributed by atoms with E-state index in [-0.39, 0.29) is 33.4 Å². The van der Waals surface area contributed by atoms with E-state index in [0.717, 1.165) is 12.1 Å². The van der Waals surface area contributed by atoms with Gasteiger partial charge in [-0.2, -0.15) is 17.5 Å². The summed E-state index contributed by atoms with van der Waals surface area (Å²) in [5.74, 6) is 0.272. The molecule has 2 aliphatic rings. The number of halogens is 5. The molecular weight excluding hydrogens is 526 g/mol. The molecule has 6 nitrogen and oxygen atoms in total. The predicted octanol–water partition coefficient (Wildman–Crippen LogP) is 5.75. The number of fused-ring (bicyclic) bond motifs is 2. The normalized spacial score (nSPS) is 23.1. The largest absolute Gasteiger partial charge is 0.417 e. The molecule has 2 bridgehead atoms. The summed E-state index contributed by atoms with van der Waals surface area (Å²) >= 11 is 12.0. The Morgan fingerprint density at radius 1 is 1.00 bits per heavy atom. The molecule has 0 spiro atoms. The molecule has 2 N–H and O–H groups in total. The molecule has 3 aromatic rings. The molecule has 0 aliphatic carbocycles. The number of benzene rings is 2. The Morgan fingerprint density at radius 3 is 2.29 bits per heavy atom. The Kier molecular flexibility index (Phi) is 6.16. The first kappa shape index (κ1) is 24.6. The molecule has 3 atom stereocenters. The van der Waals surface area contributed by atoms with Crippen molar-refractivity contribution in [1.82, 2.24) is 14.3 Å². The smallest absolute Gasteiger partial charge is 0.393 e. The van der Waals surface area contributed by atoms with Crippen molar-refractivity contribution in [3.05, 3.63) is 58.2 Å². The molecule has 1 unspecified atom stereocenters. The molecule has 0 saturated carbocycles. The Bertz CT molecular complexity index is 1380. The SMILES string of the molecule is O=S(=O)(c1cc(-c2ncc(-c3ccc(Cl)c(C(F)(F)F)c3)[nH]2)ccc1Cl)N1C2CC[C@H]1C[C@@H](O)C2. The van der Waals surface area contributed by atoms with Crippen LogP contribution in [0.4, 0.5) is 13.2 Å². The summed E-state index contributed by atoms with van der Waals surface area (Å²) in [5, 5.41) is 9.68. The van der Waals surface area contributed by atoms with Crippen LogP contribution in [0, 0.1) is 0 Å². The standard InChI is InChI=1S/C23H20Cl2F3N3O3S/c24-18-5-1-12(7-17(18)23(26,27)28)20-11-29-22(30-20)13-2-6-19(25)21(8-13)35(33,34)31-14-3-4-15(31)10-16(32)9-14/h1-2,5-8,11,14-16,32H,3-4,9-10H2,(H,29,30)/t14-,15?,16+/m0/s1. The number of aromatic nitrogens is 2. The van der Waals surface area contributed by atoms with Gasteiger partial charge in [0.15, 0.2) is 0 Å². The Hall–Kier alpha value is -2.11. The third kappa shape index (κ3) is 4.46. The molecule has 2 aliphatic heterocycles. The fraction of sp³-hybridized carbons (Fsp3) is 0.348. The first-order valence-corrected chi connectivity index (χ1v) is 13.1. The van der Waals surface area contributed by atoms with Crippen molar-refractivity contribution in [2.45, 2.75) is 54.9 Å². The summed E-state index contributed by atoms with van der Waals surface area (Å²) in [5.41, 5.74) is -0.0158. The lowest BCUT2D eigenvalue weighted by Gasteiger charge is -2.36. The quantitative estimate of drug-likeness (QED) is 0.437. The monoisotopic (exact) mass is 545 g/mol. The first-order chi connectivity index (χ1) is 16.4. The van der Waals surface area contributed by atoms with Gasteiger partial charge in [0.1, 0.15) is 10.7 Å².